The summed E-state index contributed by atoms with van der Waals surface area (Å²) in [5.41, 5.74) is 0. The third kappa shape index (κ3) is 0.516. The van der Waals surface area contributed by atoms with Crippen molar-refractivity contribution in [3.05, 3.63) is 6.42 Å². The summed E-state index contributed by atoms with van der Waals surface area (Å²) in [7, 11) is 0. The Bertz CT molecular complexity index is 213. The molecule has 3 saturated carbocycles. The number of hydrogen-bond donors (Lipinski definition) is 0. The lowest BCUT2D eigenvalue weighted by molar-refractivity contribution is 0.166. The van der Waals surface area contributed by atoms with Crippen molar-refractivity contribution in [3.63, 3.8) is 0 Å². The third-order valence-corrected chi connectivity index (χ3v) is 4.41. The Morgan fingerprint density at radius 2 is 2.27 bits per heavy atom. The van der Waals surface area contributed by atoms with Crippen LogP contribution in [0.4, 0.5) is 0 Å². The van der Waals surface area contributed by atoms with E-state index < -0.39 is 0 Å². The van der Waals surface area contributed by atoms with Gasteiger partial charge in [0.2, 0.25) is 0 Å². The molecular formula is C10H13O. The normalized spacial score (nSPS) is 69.8. The second kappa shape index (κ2) is 1.52. The molecular weight excluding hydrogens is 136 g/mol. The quantitative estimate of drug-likeness (QED) is 0.477. The fourth-order valence-electron chi connectivity index (χ4n) is 3.99. The molecule has 4 fully saturated rings. The molecule has 1 heterocycles. The molecule has 0 aromatic rings. The van der Waals surface area contributed by atoms with Crippen LogP contribution in [0.25, 0.3) is 0 Å². The fraction of sp³-hybridized carbons (Fsp3) is 0.900. The van der Waals surface area contributed by atoms with E-state index >= 15 is 0 Å². The van der Waals surface area contributed by atoms with E-state index in [1.807, 2.05) is 0 Å². The van der Waals surface area contributed by atoms with Crippen LogP contribution in [-0.2, 0) is 4.74 Å². The minimum absolute atomic E-state index is 0.710. The minimum Gasteiger partial charge on any atom is -0.369 e. The van der Waals surface area contributed by atoms with Crippen molar-refractivity contribution in [2.45, 2.75) is 31.5 Å². The monoisotopic (exact) mass is 149 g/mol. The van der Waals surface area contributed by atoms with E-state index in [1.54, 1.807) is 0 Å². The second-order valence-electron chi connectivity index (χ2n) is 4.75. The number of ether oxygens (including phenoxy) is 1. The lowest BCUT2D eigenvalue weighted by Crippen LogP contribution is -2.22. The highest BCUT2D eigenvalue weighted by atomic mass is 16.6. The minimum atomic E-state index is 0.710. The number of fused-ring (bicyclic) bond motifs is 7. The van der Waals surface area contributed by atoms with Gasteiger partial charge in [0, 0.05) is 0 Å². The number of hydrogen-bond acceptors (Lipinski definition) is 1. The molecule has 0 spiro atoms. The van der Waals surface area contributed by atoms with Crippen LogP contribution in [0.15, 0.2) is 0 Å². The Labute approximate surface area is 67.1 Å². The molecule has 0 N–H and O–H groups in total. The zero-order chi connectivity index (χ0) is 7.00. The summed E-state index contributed by atoms with van der Waals surface area (Å²) in [6.07, 6.45) is 8.31. The van der Waals surface area contributed by atoms with E-state index in [4.69, 9.17) is 4.74 Å². The molecule has 59 valence electrons. The topological polar surface area (TPSA) is 12.5 Å². The van der Waals surface area contributed by atoms with Crippen LogP contribution in [0.5, 0.6) is 0 Å². The summed E-state index contributed by atoms with van der Waals surface area (Å²) in [6, 6.07) is 0. The smallest absolute Gasteiger partial charge is 0.0875 e. The summed E-state index contributed by atoms with van der Waals surface area (Å²) in [5.74, 6) is 4.08. The van der Waals surface area contributed by atoms with Crippen LogP contribution < -0.4 is 0 Å². The predicted molar refractivity (Wildman–Crippen MR) is 40.8 cm³/mol. The zero-order valence-corrected chi connectivity index (χ0v) is 6.57. The molecule has 6 unspecified atom stereocenters. The van der Waals surface area contributed by atoms with Gasteiger partial charge in [0.25, 0.3) is 0 Å². The Morgan fingerprint density at radius 3 is 3.18 bits per heavy atom. The first-order chi connectivity index (χ1) is 5.43. The van der Waals surface area contributed by atoms with Crippen molar-refractivity contribution in [3.8, 4) is 0 Å². The van der Waals surface area contributed by atoms with E-state index in [0.29, 0.717) is 6.10 Å². The number of epoxide rings is 1. The molecule has 0 aromatic heterocycles. The predicted octanol–water partition coefficient (Wildman–Crippen LogP) is 1.63. The summed E-state index contributed by atoms with van der Waals surface area (Å²) < 4.78 is 5.61. The van der Waals surface area contributed by atoms with Crippen molar-refractivity contribution < 1.29 is 4.74 Å². The van der Waals surface area contributed by atoms with Crippen molar-refractivity contribution in [1.29, 1.82) is 0 Å². The second-order valence-corrected chi connectivity index (χ2v) is 4.75. The lowest BCUT2D eigenvalue weighted by Gasteiger charge is -2.25. The van der Waals surface area contributed by atoms with Gasteiger partial charge in [-0.25, -0.2) is 0 Å². The van der Waals surface area contributed by atoms with E-state index in [9.17, 15) is 0 Å². The molecule has 1 saturated heterocycles. The van der Waals surface area contributed by atoms with Crippen molar-refractivity contribution in [1.82, 2.24) is 0 Å². The third-order valence-electron chi connectivity index (χ3n) is 4.41. The van der Waals surface area contributed by atoms with Crippen LogP contribution in [-0.4, -0.2) is 12.2 Å². The molecule has 3 aliphatic carbocycles. The molecule has 2 bridgehead atoms. The summed E-state index contributed by atoms with van der Waals surface area (Å²) in [5, 5.41) is 0. The molecule has 1 radical (unpaired) electrons. The summed E-state index contributed by atoms with van der Waals surface area (Å²) in [6.45, 7) is 0. The average Bonchev–Trinajstić information content (AvgIpc) is 2.53. The van der Waals surface area contributed by atoms with Gasteiger partial charge in [0.05, 0.1) is 12.2 Å². The van der Waals surface area contributed by atoms with Gasteiger partial charge < -0.3 is 4.74 Å². The summed E-state index contributed by atoms with van der Waals surface area (Å²) in [4.78, 5) is 0. The summed E-state index contributed by atoms with van der Waals surface area (Å²) >= 11 is 0. The Balaban J connectivity index is 1.76. The highest BCUT2D eigenvalue weighted by Gasteiger charge is 2.64. The van der Waals surface area contributed by atoms with Crippen molar-refractivity contribution >= 4 is 0 Å². The van der Waals surface area contributed by atoms with Gasteiger partial charge in [-0.1, -0.05) is 0 Å². The fourth-order valence-corrected chi connectivity index (χ4v) is 3.99. The Hall–Kier alpha value is -0.0400. The van der Waals surface area contributed by atoms with Gasteiger partial charge in [-0.2, -0.15) is 0 Å². The van der Waals surface area contributed by atoms with E-state index in [1.165, 1.54) is 19.3 Å². The first kappa shape index (κ1) is 5.58. The molecule has 4 rings (SSSR count). The lowest BCUT2D eigenvalue weighted by atomic mass is 9.81. The van der Waals surface area contributed by atoms with Crippen LogP contribution in [0.3, 0.4) is 0 Å². The van der Waals surface area contributed by atoms with Gasteiger partial charge >= 0.3 is 0 Å². The molecule has 0 amide bonds. The molecule has 6 atom stereocenters. The van der Waals surface area contributed by atoms with Gasteiger partial charge in [0.1, 0.15) is 0 Å². The zero-order valence-electron chi connectivity index (χ0n) is 6.57. The van der Waals surface area contributed by atoms with E-state index in [-0.39, 0.29) is 0 Å². The van der Waals surface area contributed by atoms with Crippen molar-refractivity contribution in [2.24, 2.45) is 23.7 Å². The largest absolute Gasteiger partial charge is 0.369 e. The molecule has 1 aliphatic heterocycles. The van der Waals surface area contributed by atoms with Gasteiger partial charge in [-0.3, -0.25) is 0 Å². The highest BCUT2D eigenvalue weighted by molar-refractivity contribution is 5.16. The highest BCUT2D eigenvalue weighted by Crippen LogP contribution is 2.63. The van der Waals surface area contributed by atoms with Gasteiger partial charge in [-0.15, -0.1) is 0 Å². The maximum atomic E-state index is 5.61. The van der Waals surface area contributed by atoms with E-state index in [2.05, 4.69) is 6.42 Å². The molecule has 4 aliphatic rings. The van der Waals surface area contributed by atoms with Gasteiger partial charge in [-0.05, 0) is 49.4 Å². The van der Waals surface area contributed by atoms with Crippen LogP contribution in [0, 0.1) is 30.1 Å². The molecule has 1 nitrogen and oxygen atoms in total. The molecule has 11 heavy (non-hydrogen) atoms. The Morgan fingerprint density at radius 1 is 1.27 bits per heavy atom. The SMILES string of the molecule is [CH]1CC2CC1C1CC3OC3C21. The van der Waals surface area contributed by atoms with Crippen molar-refractivity contribution in [2.75, 3.05) is 0 Å². The van der Waals surface area contributed by atoms with Gasteiger partial charge in [0.15, 0.2) is 0 Å². The van der Waals surface area contributed by atoms with Crippen LogP contribution in [0.1, 0.15) is 19.3 Å². The van der Waals surface area contributed by atoms with Crippen LogP contribution in [0.2, 0.25) is 0 Å². The van der Waals surface area contributed by atoms with E-state index in [0.717, 1.165) is 29.8 Å². The van der Waals surface area contributed by atoms with Crippen LogP contribution >= 0.6 is 0 Å². The average molecular weight is 149 g/mol. The molecule has 1 heteroatoms. The maximum absolute atomic E-state index is 5.61. The Kier molecular flexibility index (Phi) is 0.769. The first-order valence-corrected chi connectivity index (χ1v) is 4.92. The standard InChI is InChI=1S/C10H13O/c1-2-6-3-5(1)7-4-8-10(11-8)9(6)7/h1,5-10H,2-4H2. The molecule has 0 aromatic carbocycles. The number of rotatable bonds is 0. The first-order valence-electron chi connectivity index (χ1n) is 4.92. The maximum Gasteiger partial charge on any atom is 0.0875 e.